The van der Waals surface area contributed by atoms with Gasteiger partial charge in [-0.25, -0.2) is 0 Å². The topological polar surface area (TPSA) is 29.1 Å². The maximum Gasteiger partial charge on any atom is 0.220 e. The van der Waals surface area contributed by atoms with E-state index in [1.807, 2.05) is 13.8 Å². The molecule has 0 fully saturated rings. The van der Waals surface area contributed by atoms with E-state index in [0.717, 1.165) is 0 Å². The van der Waals surface area contributed by atoms with Gasteiger partial charge in [-0.3, -0.25) is 4.79 Å². The van der Waals surface area contributed by atoms with E-state index in [1.165, 1.54) is 0 Å². The molecule has 1 N–H and O–H groups in total. The van der Waals surface area contributed by atoms with Crippen LogP contribution in [0.2, 0.25) is 0 Å². The highest BCUT2D eigenvalue weighted by molar-refractivity contribution is 5.76. The number of nitrogens with one attached hydrogen (secondary N) is 1. The number of amides is 1. The molecule has 0 saturated heterocycles. The maximum absolute atomic E-state index is 11.4. The molecule has 78 valence electrons. The van der Waals surface area contributed by atoms with Crippen LogP contribution in [0.3, 0.4) is 0 Å². The van der Waals surface area contributed by atoms with E-state index in [0.29, 0.717) is 12.3 Å². The second-order valence-electron chi connectivity index (χ2n) is 5.19. The Kier molecular flexibility index (Phi) is 4.45. The van der Waals surface area contributed by atoms with Crippen LogP contribution in [0.5, 0.6) is 0 Å². The van der Waals surface area contributed by atoms with Gasteiger partial charge >= 0.3 is 0 Å². The average Bonchev–Trinajstić information content (AvgIpc) is 1.82. The third-order valence-corrected chi connectivity index (χ3v) is 2.42. The highest BCUT2D eigenvalue weighted by Gasteiger charge is 2.22. The smallest absolute Gasteiger partial charge is 0.220 e. The Morgan fingerprint density at radius 3 is 2.00 bits per heavy atom. The minimum absolute atomic E-state index is 0.164. The molecule has 0 radical (unpaired) electrons. The van der Waals surface area contributed by atoms with Gasteiger partial charge in [0.25, 0.3) is 0 Å². The van der Waals surface area contributed by atoms with Gasteiger partial charge in [0.2, 0.25) is 5.91 Å². The van der Waals surface area contributed by atoms with Crippen molar-refractivity contribution in [3.63, 3.8) is 0 Å². The van der Waals surface area contributed by atoms with Crippen LogP contribution in [-0.4, -0.2) is 11.9 Å². The van der Waals surface area contributed by atoms with Crippen LogP contribution in [0.1, 0.15) is 48.0 Å². The number of rotatable bonds is 3. The van der Waals surface area contributed by atoms with Crippen molar-refractivity contribution < 1.29 is 4.79 Å². The zero-order valence-electron chi connectivity index (χ0n) is 9.77. The summed E-state index contributed by atoms with van der Waals surface area (Å²) in [7, 11) is 0. The summed E-state index contributed by atoms with van der Waals surface area (Å²) in [6.07, 6.45) is 0.627. The molecule has 0 rings (SSSR count). The lowest BCUT2D eigenvalue weighted by Crippen LogP contribution is -2.33. The first kappa shape index (κ1) is 12.5. The van der Waals surface area contributed by atoms with E-state index in [4.69, 9.17) is 0 Å². The van der Waals surface area contributed by atoms with Crippen molar-refractivity contribution in [3.05, 3.63) is 0 Å². The summed E-state index contributed by atoms with van der Waals surface area (Å²) in [4.78, 5) is 11.4. The van der Waals surface area contributed by atoms with Crippen molar-refractivity contribution >= 4 is 5.91 Å². The summed E-state index contributed by atoms with van der Waals surface area (Å²) in [5.74, 6) is 0.587. The molecule has 0 aromatic rings. The summed E-state index contributed by atoms with van der Waals surface area (Å²) in [6, 6.07) is 0.250. The van der Waals surface area contributed by atoms with Crippen LogP contribution in [0, 0.1) is 11.3 Å². The monoisotopic (exact) mass is 185 g/mol. The molecule has 1 amide bonds. The Morgan fingerprint density at radius 2 is 1.69 bits per heavy atom. The highest BCUT2D eigenvalue weighted by Crippen LogP contribution is 2.27. The van der Waals surface area contributed by atoms with Crippen LogP contribution in [0.4, 0.5) is 0 Å². The number of carbonyl (C=O) groups excluding carboxylic acids is 1. The van der Waals surface area contributed by atoms with Gasteiger partial charge in [0.1, 0.15) is 0 Å². The zero-order valence-corrected chi connectivity index (χ0v) is 9.77. The molecule has 1 atom stereocenters. The lowest BCUT2D eigenvalue weighted by molar-refractivity contribution is -0.123. The second-order valence-corrected chi connectivity index (χ2v) is 5.19. The third-order valence-electron chi connectivity index (χ3n) is 2.42. The fraction of sp³-hybridized carbons (Fsp3) is 0.909. The normalized spacial score (nSPS) is 14.4. The second kappa shape index (κ2) is 4.64. The Morgan fingerprint density at radius 1 is 1.23 bits per heavy atom. The van der Waals surface area contributed by atoms with Gasteiger partial charge < -0.3 is 5.32 Å². The summed E-state index contributed by atoms with van der Waals surface area (Å²) < 4.78 is 0. The van der Waals surface area contributed by atoms with Crippen LogP contribution >= 0.6 is 0 Å². The van der Waals surface area contributed by atoms with Gasteiger partial charge in [-0.15, -0.1) is 0 Å². The van der Waals surface area contributed by atoms with Crippen LogP contribution in [-0.2, 0) is 4.79 Å². The first-order valence-corrected chi connectivity index (χ1v) is 5.03. The lowest BCUT2D eigenvalue weighted by atomic mass is 9.80. The van der Waals surface area contributed by atoms with Crippen molar-refractivity contribution in [1.29, 1.82) is 0 Å². The Labute approximate surface area is 82.1 Å². The molecule has 0 saturated carbocycles. The van der Waals surface area contributed by atoms with Gasteiger partial charge in [-0.1, -0.05) is 27.7 Å². The van der Waals surface area contributed by atoms with E-state index in [1.54, 1.807) is 0 Å². The first-order chi connectivity index (χ1) is 5.73. The van der Waals surface area contributed by atoms with E-state index < -0.39 is 0 Å². The van der Waals surface area contributed by atoms with Crippen molar-refractivity contribution in [3.8, 4) is 0 Å². The number of carbonyl (C=O) groups is 1. The molecule has 13 heavy (non-hydrogen) atoms. The molecule has 0 aliphatic carbocycles. The van der Waals surface area contributed by atoms with Gasteiger partial charge in [0.15, 0.2) is 0 Å². The summed E-state index contributed by atoms with van der Waals surface area (Å²) >= 11 is 0. The lowest BCUT2D eigenvalue weighted by Gasteiger charge is -2.26. The molecule has 0 heterocycles. The highest BCUT2D eigenvalue weighted by atomic mass is 16.1. The Balaban J connectivity index is 3.93. The van der Waals surface area contributed by atoms with Crippen LogP contribution in [0.25, 0.3) is 0 Å². The first-order valence-electron chi connectivity index (χ1n) is 5.03. The predicted molar refractivity (Wildman–Crippen MR) is 56.5 cm³/mol. The van der Waals surface area contributed by atoms with E-state index in [2.05, 4.69) is 33.0 Å². The largest absolute Gasteiger partial charge is 0.354 e. The van der Waals surface area contributed by atoms with Crippen molar-refractivity contribution in [1.82, 2.24) is 5.32 Å². The molecule has 2 nitrogen and oxygen atoms in total. The third kappa shape index (κ3) is 5.67. The van der Waals surface area contributed by atoms with E-state index >= 15 is 0 Å². The standard InChI is InChI=1S/C11H23NO/c1-8(2)12-10(13)7-9(3)11(4,5)6/h8-9H,7H2,1-6H3,(H,12,13). The zero-order chi connectivity index (χ0) is 10.6. The van der Waals surface area contributed by atoms with Gasteiger partial charge in [-0.2, -0.15) is 0 Å². The van der Waals surface area contributed by atoms with Crippen molar-refractivity contribution in [2.24, 2.45) is 11.3 Å². The molecule has 0 spiro atoms. The van der Waals surface area contributed by atoms with Gasteiger partial charge in [-0.05, 0) is 25.2 Å². The Hall–Kier alpha value is -0.530. The van der Waals surface area contributed by atoms with E-state index in [9.17, 15) is 4.79 Å². The van der Waals surface area contributed by atoms with E-state index in [-0.39, 0.29) is 17.4 Å². The van der Waals surface area contributed by atoms with Crippen molar-refractivity contribution in [2.75, 3.05) is 0 Å². The molecule has 0 bridgehead atoms. The summed E-state index contributed by atoms with van der Waals surface area (Å²) in [5, 5.41) is 2.91. The van der Waals surface area contributed by atoms with Crippen molar-refractivity contribution in [2.45, 2.75) is 54.0 Å². The molecular weight excluding hydrogens is 162 g/mol. The maximum atomic E-state index is 11.4. The molecule has 0 aromatic heterocycles. The molecule has 0 aromatic carbocycles. The molecule has 2 heteroatoms. The Bertz CT molecular complexity index is 167. The van der Waals surface area contributed by atoms with Crippen LogP contribution < -0.4 is 5.32 Å². The fourth-order valence-electron chi connectivity index (χ4n) is 0.965. The number of hydrogen-bond donors (Lipinski definition) is 1. The fourth-order valence-corrected chi connectivity index (χ4v) is 0.965. The van der Waals surface area contributed by atoms with Crippen LogP contribution in [0.15, 0.2) is 0 Å². The quantitative estimate of drug-likeness (QED) is 0.719. The van der Waals surface area contributed by atoms with Gasteiger partial charge in [0, 0.05) is 12.5 Å². The minimum atomic E-state index is 0.164. The molecule has 1 unspecified atom stereocenters. The minimum Gasteiger partial charge on any atom is -0.354 e. The average molecular weight is 185 g/mol. The predicted octanol–water partition coefficient (Wildman–Crippen LogP) is 2.58. The summed E-state index contributed by atoms with van der Waals surface area (Å²) in [6.45, 7) is 12.6. The summed E-state index contributed by atoms with van der Waals surface area (Å²) in [5.41, 5.74) is 0.217. The molecular formula is C11H23NO. The molecule has 0 aliphatic rings. The number of hydrogen-bond acceptors (Lipinski definition) is 1. The molecule has 0 aliphatic heterocycles. The SMILES string of the molecule is CC(C)NC(=O)CC(C)C(C)(C)C. The van der Waals surface area contributed by atoms with Gasteiger partial charge in [0.05, 0.1) is 0 Å².